The molecule has 5 nitrogen and oxygen atoms in total. The van der Waals surface area contributed by atoms with Gasteiger partial charge in [0.2, 0.25) is 5.91 Å². The number of hydrogen-bond acceptors (Lipinski definition) is 4. The summed E-state index contributed by atoms with van der Waals surface area (Å²) in [6.45, 7) is 4.47. The normalized spacial score (nSPS) is 12.1. The first-order valence-corrected chi connectivity index (χ1v) is 9.73. The molecular formula is C20H22FN3O2S. The van der Waals surface area contributed by atoms with Gasteiger partial charge in [0.25, 0.3) is 0 Å². The number of imidazole rings is 1. The number of carbonyl (C=O) groups excluding carboxylic acids is 1. The Morgan fingerprint density at radius 1 is 1.30 bits per heavy atom. The molecule has 27 heavy (non-hydrogen) atoms. The molecule has 142 valence electrons. The van der Waals surface area contributed by atoms with E-state index in [4.69, 9.17) is 4.74 Å². The molecule has 7 heteroatoms. The molecule has 0 saturated carbocycles. The number of benzene rings is 2. The average Bonchev–Trinajstić information content (AvgIpc) is 3.08. The Balaban J connectivity index is 1.62. The lowest BCUT2D eigenvalue weighted by Gasteiger charge is -2.25. The number of aromatic amines is 1. The zero-order valence-electron chi connectivity index (χ0n) is 15.5. The van der Waals surface area contributed by atoms with E-state index in [0.717, 1.165) is 22.3 Å². The quantitative estimate of drug-likeness (QED) is 0.610. The summed E-state index contributed by atoms with van der Waals surface area (Å²) in [7, 11) is 1.75. The molecule has 1 heterocycles. The van der Waals surface area contributed by atoms with Crippen molar-refractivity contribution in [3.63, 3.8) is 0 Å². The van der Waals surface area contributed by atoms with Crippen LogP contribution in [0.1, 0.15) is 25.5 Å². The summed E-state index contributed by atoms with van der Waals surface area (Å²) in [6, 6.07) is 11.8. The number of halogens is 1. The molecule has 0 radical (unpaired) electrons. The summed E-state index contributed by atoms with van der Waals surface area (Å²) in [4.78, 5) is 21.9. The maximum atomic E-state index is 13.1. The number of nitrogens with zero attached hydrogens (tertiary/aromatic N) is 2. The number of hydrogen-bond donors (Lipinski definition) is 1. The molecule has 1 unspecified atom stereocenters. The lowest BCUT2D eigenvalue weighted by Crippen LogP contribution is -2.31. The molecule has 1 atom stereocenters. The van der Waals surface area contributed by atoms with Crippen LogP contribution in [0.2, 0.25) is 0 Å². The molecule has 0 aliphatic heterocycles. The predicted molar refractivity (Wildman–Crippen MR) is 106 cm³/mol. The highest BCUT2D eigenvalue weighted by molar-refractivity contribution is 7.99. The van der Waals surface area contributed by atoms with Crippen molar-refractivity contribution in [2.24, 2.45) is 0 Å². The molecule has 0 aliphatic carbocycles. The zero-order valence-corrected chi connectivity index (χ0v) is 16.3. The van der Waals surface area contributed by atoms with E-state index in [1.54, 1.807) is 24.1 Å². The van der Waals surface area contributed by atoms with Gasteiger partial charge in [-0.25, -0.2) is 9.37 Å². The molecule has 0 fully saturated rings. The number of amides is 1. The minimum absolute atomic E-state index is 0.0210. The Morgan fingerprint density at radius 3 is 2.74 bits per heavy atom. The van der Waals surface area contributed by atoms with Gasteiger partial charge in [-0.05, 0) is 43.7 Å². The maximum absolute atomic E-state index is 13.1. The molecule has 0 saturated heterocycles. The number of ether oxygens (including phenoxy) is 1. The van der Waals surface area contributed by atoms with Crippen LogP contribution in [0.25, 0.3) is 11.0 Å². The van der Waals surface area contributed by atoms with Gasteiger partial charge in [0.15, 0.2) is 5.16 Å². The van der Waals surface area contributed by atoms with Crippen LogP contribution in [0.3, 0.4) is 0 Å². The lowest BCUT2D eigenvalue weighted by atomic mass is 10.1. The van der Waals surface area contributed by atoms with E-state index in [0.29, 0.717) is 11.8 Å². The fourth-order valence-electron chi connectivity index (χ4n) is 2.70. The van der Waals surface area contributed by atoms with E-state index in [9.17, 15) is 9.18 Å². The Bertz CT molecular complexity index is 927. The fourth-order valence-corrected chi connectivity index (χ4v) is 3.51. The Kier molecular flexibility index (Phi) is 6.01. The number of aromatic nitrogens is 2. The van der Waals surface area contributed by atoms with Gasteiger partial charge in [-0.1, -0.05) is 23.9 Å². The number of rotatable bonds is 7. The number of fused-ring (bicyclic) bond motifs is 1. The second kappa shape index (κ2) is 8.43. The van der Waals surface area contributed by atoms with Gasteiger partial charge in [-0.15, -0.1) is 0 Å². The third-order valence-electron chi connectivity index (χ3n) is 4.40. The molecule has 0 spiro atoms. The number of thioether (sulfide) groups is 1. The number of H-pyrrole nitrogens is 1. The van der Waals surface area contributed by atoms with Crippen molar-refractivity contribution in [1.29, 1.82) is 0 Å². The van der Waals surface area contributed by atoms with Crippen LogP contribution in [-0.4, -0.2) is 40.2 Å². The molecule has 0 aliphatic rings. The summed E-state index contributed by atoms with van der Waals surface area (Å²) in [6.07, 6.45) is 0. The Morgan fingerprint density at radius 2 is 2.04 bits per heavy atom. The summed E-state index contributed by atoms with van der Waals surface area (Å²) >= 11 is 1.36. The first kappa shape index (κ1) is 19.2. The summed E-state index contributed by atoms with van der Waals surface area (Å²) in [5.41, 5.74) is 2.61. The molecule has 0 bridgehead atoms. The van der Waals surface area contributed by atoms with Crippen molar-refractivity contribution in [2.75, 3.05) is 19.4 Å². The van der Waals surface area contributed by atoms with Crippen LogP contribution >= 0.6 is 11.8 Å². The maximum Gasteiger partial charge on any atom is 0.233 e. The van der Waals surface area contributed by atoms with Gasteiger partial charge in [-0.3, -0.25) is 4.79 Å². The average molecular weight is 387 g/mol. The molecule has 1 N–H and O–H groups in total. The van der Waals surface area contributed by atoms with Crippen LogP contribution < -0.4 is 4.74 Å². The van der Waals surface area contributed by atoms with E-state index in [-0.39, 0.29) is 23.5 Å². The molecule has 1 aromatic heterocycles. The number of carbonyl (C=O) groups is 1. The summed E-state index contributed by atoms with van der Waals surface area (Å²) in [5, 5.41) is 0.690. The van der Waals surface area contributed by atoms with Crippen molar-refractivity contribution in [3.8, 4) is 5.75 Å². The van der Waals surface area contributed by atoms with Crippen molar-refractivity contribution in [1.82, 2.24) is 14.9 Å². The molecule has 3 rings (SSSR count). The minimum Gasteiger partial charge on any atom is -0.494 e. The Labute approximate surface area is 161 Å². The van der Waals surface area contributed by atoms with Gasteiger partial charge in [-0.2, -0.15) is 0 Å². The van der Waals surface area contributed by atoms with E-state index >= 15 is 0 Å². The smallest absolute Gasteiger partial charge is 0.233 e. The largest absolute Gasteiger partial charge is 0.494 e. The molecule has 2 aromatic carbocycles. The van der Waals surface area contributed by atoms with Crippen molar-refractivity contribution in [3.05, 3.63) is 53.8 Å². The van der Waals surface area contributed by atoms with Crippen molar-refractivity contribution < 1.29 is 13.9 Å². The summed E-state index contributed by atoms with van der Waals surface area (Å²) in [5.74, 6) is 0.745. The van der Waals surface area contributed by atoms with Gasteiger partial charge >= 0.3 is 0 Å². The van der Waals surface area contributed by atoms with Crippen molar-refractivity contribution in [2.45, 2.75) is 25.0 Å². The van der Waals surface area contributed by atoms with Crippen LogP contribution in [0.5, 0.6) is 5.75 Å². The van der Waals surface area contributed by atoms with Gasteiger partial charge in [0.1, 0.15) is 11.6 Å². The zero-order chi connectivity index (χ0) is 19.4. The van der Waals surface area contributed by atoms with Gasteiger partial charge in [0.05, 0.1) is 29.4 Å². The number of nitrogens with one attached hydrogen (secondary N) is 1. The third-order valence-corrected chi connectivity index (χ3v) is 5.26. The first-order valence-electron chi connectivity index (χ1n) is 8.74. The molecule has 1 amide bonds. The van der Waals surface area contributed by atoms with E-state index in [1.165, 1.54) is 23.9 Å². The van der Waals surface area contributed by atoms with E-state index in [1.807, 2.05) is 32.0 Å². The van der Waals surface area contributed by atoms with Crippen LogP contribution in [0.4, 0.5) is 4.39 Å². The van der Waals surface area contributed by atoms with Gasteiger partial charge < -0.3 is 14.6 Å². The topological polar surface area (TPSA) is 58.2 Å². The molecule has 3 aromatic rings. The minimum atomic E-state index is -0.284. The lowest BCUT2D eigenvalue weighted by molar-refractivity contribution is -0.128. The van der Waals surface area contributed by atoms with Crippen LogP contribution in [0, 0.1) is 5.82 Å². The molecular weight excluding hydrogens is 365 g/mol. The monoisotopic (exact) mass is 387 g/mol. The fraction of sp³-hybridized carbons (Fsp3) is 0.300. The Hall–Kier alpha value is -2.54. The highest BCUT2D eigenvalue weighted by atomic mass is 32.2. The highest BCUT2D eigenvalue weighted by Gasteiger charge is 2.18. The van der Waals surface area contributed by atoms with Crippen LogP contribution in [-0.2, 0) is 4.79 Å². The van der Waals surface area contributed by atoms with Crippen LogP contribution in [0.15, 0.2) is 47.6 Å². The predicted octanol–water partition coefficient (Wildman–Crippen LogP) is 4.41. The highest BCUT2D eigenvalue weighted by Crippen LogP contribution is 2.25. The van der Waals surface area contributed by atoms with E-state index < -0.39 is 0 Å². The van der Waals surface area contributed by atoms with E-state index in [2.05, 4.69) is 9.97 Å². The van der Waals surface area contributed by atoms with Crippen molar-refractivity contribution >= 4 is 28.7 Å². The standard InChI is InChI=1S/C20H22FN3O2S/c1-4-26-16-9-10-17-18(11-16)23-20(22-17)27-12-19(25)24(3)13(2)14-5-7-15(21)8-6-14/h5-11,13H,4,12H2,1-3H3,(H,22,23). The first-order chi connectivity index (χ1) is 13.0. The SMILES string of the molecule is CCOc1ccc2nc(SCC(=O)N(C)C(C)c3ccc(F)cc3)[nH]c2c1. The second-order valence-electron chi connectivity index (χ2n) is 6.17. The second-order valence-corrected chi connectivity index (χ2v) is 7.14. The summed E-state index contributed by atoms with van der Waals surface area (Å²) < 4.78 is 18.6. The third kappa shape index (κ3) is 4.60. The van der Waals surface area contributed by atoms with Gasteiger partial charge in [0, 0.05) is 13.1 Å².